The molecule has 4 aliphatic heterocycles. The predicted octanol–water partition coefficient (Wildman–Crippen LogP) is 4.67. The number of imidazole rings is 2. The zero-order valence-corrected chi connectivity index (χ0v) is 31.4. The summed E-state index contributed by atoms with van der Waals surface area (Å²) in [7, 11) is 2.82. The molecule has 0 saturated carbocycles. The first kappa shape index (κ1) is 37.6. The van der Waals surface area contributed by atoms with Crippen LogP contribution in [0.15, 0.2) is 46.0 Å². The molecule has 8 rings (SSSR count). The van der Waals surface area contributed by atoms with Gasteiger partial charge in [0.2, 0.25) is 0 Å². The highest BCUT2D eigenvalue weighted by atomic mass is 19.1. The molecule has 14 nitrogen and oxygen atoms in total. The van der Waals surface area contributed by atoms with Gasteiger partial charge in [0.25, 0.3) is 0 Å². The van der Waals surface area contributed by atoms with Crippen LogP contribution in [-0.4, -0.2) is 129 Å². The molecule has 2 N–H and O–H groups in total. The van der Waals surface area contributed by atoms with Crippen molar-refractivity contribution >= 4 is 34.3 Å². The zero-order valence-electron chi connectivity index (χ0n) is 31.4. The first-order chi connectivity index (χ1) is 25.8. The van der Waals surface area contributed by atoms with Crippen molar-refractivity contribution in [3.8, 4) is 0 Å². The molecule has 2 aromatic heterocycles. The molecule has 0 aliphatic carbocycles. The van der Waals surface area contributed by atoms with Gasteiger partial charge >= 0.3 is 23.6 Å². The second-order valence-corrected chi connectivity index (χ2v) is 15.6. The number of ether oxygens (including phenoxy) is 2. The van der Waals surface area contributed by atoms with Gasteiger partial charge < -0.3 is 29.2 Å². The lowest BCUT2D eigenvalue weighted by Gasteiger charge is -2.43. The maximum atomic E-state index is 13.7. The summed E-state index contributed by atoms with van der Waals surface area (Å²) < 4.78 is 40.4. The highest BCUT2D eigenvalue weighted by molar-refractivity contribution is 5.76. The van der Waals surface area contributed by atoms with Gasteiger partial charge in [0.15, 0.2) is 0 Å². The number of H-pyrrole nitrogens is 2. The molecule has 16 heteroatoms. The Hall–Kier alpha value is -4.70. The molecule has 0 spiro atoms. The smallest absolute Gasteiger partial charge is 0.409 e. The minimum absolute atomic E-state index is 0.0472. The number of amides is 2. The van der Waals surface area contributed by atoms with Crippen molar-refractivity contribution in [2.24, 2.45) is 0 Å². The molecule has 4 saturated heterocycles. The number of rotatable bonds is 4. The van der Waals surface area contributed by atoms with Crippen molar-refractivity contribution in [2.45, 2.75) is 75.5 Å². The Morgan fingerprint density at radius 2 is 1.02 bits per heavy atom. The van der Waals surface area contributed by atoms with Crippen LogP contribution in [0.1, 0.15) is 64.5 Å². The lowest BCUT2D eigenvalue weighted by Crippen LogP contribution is -2.52. The number of nitrogens with one attached hydrogen (secondary N) is 2. The second kappa shape index (κ2) is 14.9. The lowest BCUT2D eigenvalue weighted by molar-refractivity contribution is 0.0662. The van der Waals surface area contributed by atoms with Gasteiger partial charge in [-0.05, 0) is 88.8 Å². The Labute approximate surface area is 311 Å². The normalized spacial score (nSPS) is 24.6. The molecule has 0 bridgehead atoms. The summed E-state index contributed by atoms with van der Waals surface area (Å²) in [5.74, 6) is -0.678. The predicted molar refractivity (Wildman–Crippen MR) is 199 cm³/mol. The molecule has 4 fully saturated rings. The van der Waals surface area contributed by atoms with E-state index < -0.39 is 0 Å². The third-order valence-electron chi connectivity index (χ3n) is 12.3. The molecule has 6 heterocycles. The number of nitrogens with zero attached hydrogens (tertiary/aromatic N) is 6. The van der Waals surface area contributed by atoms with Crippen molar-refractivity contribution < 1.29 is 27.8 Å². The molecule has 0 radical (unpaired) electrons. The van der Waals surface area contributed by atoms with Crippen LogP contribution in [0.25, 0.3) is 22.1 Å². The van der Waals surface area contributed by atoms with E-state index >= 15 is 0 Å². The highest BCUT2D eigenvalue weighted by Gasteiger charge is 2.44. The summed E-state index contributed by atoms with van der Waals surface area (Å²) in [5, 5.41) is 0. The van der Waals surface area contributed by atoms with E-state index in [0.717, 1.165) is 64.7 Å². The minimum Gasteiger partial charge on any atom is -0.453 e. The van der Waals surface area contributed by atoms with E-state index in [1.54, 1.807) is 31.1 Å². The number of hydrogen-bond donors (Lipinski definition) is 2. The molecular weight excluding hydrogens is 702 g/mol. The Bertz CT molecular complexity index is 1980. The fourth-order valence-corrected chi connectivity index (χ4v) is 9.22. The summed E-state index contributed by atoms with van der Waals surface area (Å²) in [4.78, 5) is 62.4. The quantitative estimate of drug-likeness (QED) is 0.307. The van der Waals surface area contributed by atoms with Gasteiger partial charge in [-0.3, -0.25) is 18.9 Å². The minimum atomic E-state index is -0.339. The largest absolute Gasteiger partial charge is 0.453 e. The molecule has 4 aromatic rings. The van der Waals surface area contributed by atoms with E-state index in [2.05, 4.69) is 33.6 Å². The van der Waals surface area contributed by atoms with Gasteiger partial charge in [0.05, 0.1) is 36.3 Å². The number of halogens is 2. The number of hydrogen-bond acceptors (Lipinski definition) is 8. The van der Waals surface area contributed by atoms with Gasteiger partial charge in [-0.1, -0.05) is 0 Å². The molecule has 54 heavy (non-hydrogen) atoms. The maximum Gasteiger partial charge on any atom is 0.409 e. The van der Waals surface area contributed by atoms with Gasteiger partial charge in [0, 0.05) is 75.5 Å². The molecule has 2 aromatic carbocycles. The van der Waals surface area contributed by atoms with Crippen LogP contribution < -0.4 is 11.4 Å². The number of carbonyl (C=O) groups is 2. The van der Waals surface area contributed by atoms with Crippen LogP contribution in [0, 0.1) is 11.6 Å². The van der Waals surface area contributed by atoms with E-state index in [1.165, 1.54) is 38.5 Å². The Kier molecular flexibility index (Phi) is 10.3. The van der Waals surface area contributed by atoms with Crippen LogP contribution in [0.3, 0.4) is 0 Å². The first-order valence-corrected chi connectivity index (χ1v) is 18.8. The Morgan fingerprint density at radius 3 is 1.37 bits per heavy atom. The Balaban J connectivity index is 0.000000167. The van der Waals surface area contributed by atoms with E-state index in [1.807, 2.05) is 0 Å². The van der Waals surface area contributed by atoms with Crippen molar-refractivity contribution in [3.05, 3.63) is 69.0 Å². The maximum absolute atomic E-state index is 13.7. The molecule has 292 valence electrons. The van der Waals surface area contributed by atoms with E-state index in [9.17, 15) is 28.0 Å². The van der Waals surface area contributed by atoms with Crippen molar-refractivity contribution in [1.82, 2.24) is 38.7 Å². The molecule has 2 atom stereocenters. The van der Waals surface area contributed by atoms with E-state index in [4.69, 9.17) is 9.47 Å². The van der Waals surface area contributed by atoms with Gasteiger partial charge in [-0.25, -0.2) is 28.0 Å². The molecule has 4 aliphatic rings. The highest BCUT2D eigenvalue weighted by Crippen LogP contribution is 2.35. The average molecular weight is 753 g/mol. The lowest BCUT2D eigenvalue weighted by atomic mass is 9.94. The summed E-state index contributed by atoms with van der Waals surface area (Å²) in [6, 6.07) is 8.88. The van der Waals surface area contributed by atoms with Gasteiger partial charge in [-0.15, -0.1) is 0 Å². The standard InChI is InChI=1S/2C19H25FN4O3/c2*1-19(7-10-22(12-19)18(26)27-2)23-8-5-14(6-9-23)24-16-11-13(20)3-4-15(16)21-17(24)25/h2*3-4,11,14H,5-10,12H2,1-2H3,(H,21,25). The molecule has 2 unspecified atom stereocenters. The monoisotopic (exact) mass is 752 g/mol. The summed E-state index contributed by atoms with van der Waals surface area (Å²) in [5.41, 5.74) is 2.08. The third-order valence-corrected chi connectivity index (χ3v) is 12.3. The number of benzene rings is 2. The Morgan fingerprint density at radius 1 is 0.648 bits per heavy atom. The fourth-order valence-electron chi connectivity index (χ4n) is 9.22. The number of methoxy groups -OCH3 is 2. The number of aromatic amines is 2. The fraction of sp³-hybridized carbons (Fsp3) is 0.579. The van der Waals surface area contributed by atoms with E-state index in [-0.39, 0.29) is 58.4 Å². The van der Waals surface area contributed by atoms with Crippen molar-refractivity contribution in [3.63, 3.8) is 0 Å². The van der Waals surface area contributed by atoms with Crippen LogP contribution in [0.2, 0.25) is 0 Å². The van der Waals surface area contributed by atoms with Crippen LogP contribution in [0.4, 0.5) is 18.4 Å². The number of aromatic nitrogens is 4. The zero-order chi connectivity index (χ0) is 38.4. The van der Waals surface area contributed by atoms with Gasteiger partial charge in [0.1, 0.15) is 11.6 Å². The number of fused-ring (bicyclic) bond motifs is 2. The third kappa shape index (κ3) is 7.12. The van der Waals surface area contributed by atoms with Crippen molar-refractivity contribution in [2.75, 3.05) is 66.6 Å². The number of piperidine rings is 2. The van der Waals surface area contributed by atoms with Crippen LogP contribution >= 0.6 is 0 Å². The van der Waals surface area contributed by atoms with E-state index in [0.29, 0.717) is 48.2 Å². The summed E-state index contributed by atoms with van der Waals surface area (Å²) in [6.45, 7) is 10.4. The average Bonchev–Trinajstić information content (AvgIpc) is 3.94. The van der Waals surface area contributed by atoms with Crippen LogP contribution in [-0.2, 0) is 9.47 Å². The summed E-state index contributed by atoms with van der Waals surface area (Å²) in [6.07, 6.45) is 4.53. The second-order valence-electron chi connectivity index (χ2n) is 15.6. The first-order valence-electron chi connectivity index (χ1n) is 18.8. The topological polar surface area (TPSA) is 141 Å². The van der Waals surface area contributed by atoms with Gasteiger partial charge in [-0.2, -0.15) is 0 Å². The number of carbonyl (C=O) groups excluding carboxylic acids is 2. The van der Waals surface area contributed by atoms with Crippen LogP contribution in [0.5, 0.6) is 0 Å². The molecule has 2 amide bonds. The SMILES string of the molecule is COC(=O)N1CCC(C)(N2CCC(n3c(=O)[nH]c4ccc(F)cc43)CC2)C1.COC(=O)N1CCC(C)(N2CCC(n3c(=O)[nH]c4ccc(F)cc43)CC2)C1. The number of likely N-dealkylation sites (tertiary alicyclic amines) is 4. The summed E-state index contributed by atoms with van der Waals surface area (Å²) >= 11 is 0. The molecular formula is C38H50F2N8O6. The van der Waals surface area contributed by atoms with Crippen molar-refractivity contribution in [1.29, 1.82) is 0 Å².